The number of carbonyl (C=O) groups is 1. The average Bonchev–Trinajstić information content (AvgIpc) is 2.50. The Hall–Kier alpha value is -2.53. The number of aliphatic carboxylic acids is 1. The zero-order chi connectivity index (χ0) is 16.7. The molecular formula is C18H22N2O3. The summed E-state index contributed by atoms with van der Waals surface area (Å²) in [5, 5.41) is 12.0. The van der Waals surface area contributed by atoms with Crippen molar-refractivity contribution in [3.8, 4) is 5.75 Å². The van der Waals surface area contributed by atoms with Crippen LogP contribution in [0.15, 0.2) is 48.5 Å². The van der Waals surface area contributed by atoms with Crippen molar-refractivity contribution in [2.45, 2.75) is 6.42 Å². The van der Waals surface area contributed by atoms with Gasteiger partial charge < -0.3 is 20.1 Å². The molecule has 0 spiro atoms. The lowest BCUT2D eigenvalue weighted by Gasteiger charge is -2.12. The maximum Gasteiger partial charge on any atom is 0.307 e. The summed E-state index contributed by atoms with van der Waals surface area (Å²) in [5.74, 6) is 0.0183. The van der Waals surface area contributed by atoms with Crippen LogP contribution in [0.3, 0.4) is 0 Å². The molecule has 2 N–H and O–H groups in total. The van der Waals surface area contributed by atoms with Crippen molar-refractivity contribution in [1.29, 1.82) is 0 Å². The summed E-state index contributed by atoms with van der Waals surface area (Å²) in [7, 11) is 4.02. The predicted octanol–water partition coefficient (Wildman–Crippen LogP) is 3.00. The van der Waals surface area contributed by atoms with E-state index in [-0.39, 0.29) is 6.42 Å². The summed E-state index contributed by atoms with van der Waals surface area (Å²) in [6.45, 7) is 1.54. The zero-order valence-corrected chi connectivity index (χ0v) is 13.5. The number of ether oxygens (including phenoxy) is 1. The molecule has 0 radical (unpaired) electrons. The molecule has 0 aliphatic heterocycles. The van der Waals surface area contributed by atoms with Gasteiger partial charge >= 0.3 is 5.97 Å². The minimum Gasteiger partial charge on any atom is -0.492 e. The van der Waals surface area contributed by atoms with Gasteiger partial charge in [-0.15, -0.1) is 0 Å². The molecule has 0 saturated heterocycles. The highest BCUT2D eigenvalue weighted by molar-refractivity contribution is 5.70. The molecule has 23 heavy (non-hydrogen) atoms. The quantitative estimate of drug-likeness (QED) is 0.784. The van der Waals surface area contributed by atoms with Crippen LogP contribution >= 0.6 is 0 Å². The van der Waals surface area contributed by atoms with E-state index >= 15 is 0 Å². The van der Waals surface area contributed by atoms with E-state index in [0.717, 1.165) is 29.2 Å². The Kier molecular flexibility index (Phi) is 6.00. The Labute approximate surface area is 136 Å². The number of nitrogens with zero attached hydrogens (tertiary/aromatic N) is 1. The second-order valence-corrected chi connectivity index (χ2v) is 5.57. The molecule has 2 rings (SSSR count). The van der Waals surface area contributed by atoms with Crippen LogP contribution in [0.2, 0.25) is 0 Å². The lowest BCUT2D eigenvalue weighted by molar-refractivity contribution is -0.136. The number of hydrogen-bond acceptors (Lipinski definition) is 4. The minimum absolute atomic E-state index is 0.0409. The van der Waals surface area contributed by atoms with Gasteiger partial charge in [0.1, 0.15) is 12.4 Å². The standard InChI is InChI=1S/C18H22N2O3/c1-20(2)11-12-23-17-9-7-16(8-10-17)19-15-5-3-14(4-6-15)13-18(21)22/h3-10,19H,11-13H2,1-2H3,(H,21,22). The summed E-state index contributed by atoms with van der Waals surface area (Å²) < 4.78 is 5.65. The zero-order valence-electron chi connectivity index (χ0n) is 13.5. The van der Waals surface area contributed by atoms with Crippen LogP contribution in [0.1, 0.15) is 5.56 Å². The van der Waals surface area contributed by atoms with Crippen LogP contribution in [0, 0.1) is 0 Å². The molecule has 5 heteroatoms. The van der Waals surface area contributed by atoms with Crippen molar-refractivity contribution in [3.63, 3.8) is 0 Å². The molecule has 0 saturated carbocycles. The summed E-state index contributed by atoms with van der Waals surface area (Å²) in [5.41, 5.74) is 2.66. The van der Waals surface area contributed by atoms with E-state index in [4.69, 9.17) is 9.84 Å². The van der Waals surface area contributed by atoms with E-state index in [0.29, 0.717) is 6.61 Å². The topological polar surface area (TPSA) is 61.8 Å². The highest BCUT2D eigenvalue weighted by Crippen LogP contribution is 2.20. The first kappa shape index (κ1) is 16.8. The van der Waals surface area contributed by atoms with Crippen molar-refractivity contribution < 1.29 is 14.6 Å². The first-order valence-corrected chi connectivity index (χ1v) is 7.48. The van der Waals surface area contributed by atoms with E-state index in [1.807, 2.05) is 62.6 Å². The Morgan fingerprint density at radius 2 is 1.61 bits per heavy atom. The van der Waals surface area contributed by atoms with Crippen LogP contribution in [-0.2, 0) is 11.2 Å². The van der Waals surface area contributed by atoms with Crippen LogP contribution in [-0.4, -0.2) is 43.2 Å². The van der Waals surface area contributed by atoms with Gasteiger partial charge in [0, 0.05) is 17.9 Å². The third-order valence-corrected chi connectivity index (χ3v) is 3.26. The van der Waals surface area contributed by atoms with Gasteiger partial charge in [0.05, 0.1) is 6.42 Å². The molecule has 0 amide bonds. The van der Waals surface area contributed by atoms with Gasteiger partial charge in [-0.1, -0.05) is 12.1 Å². The fourth-order valence-electron chi connectivity index (χ4n) is 2.03. The molecule has 0 heterocycles. The van der Waals surface area contributed by atoms with Crippen molar-refractivity contribution in [2.24, 2.45) is 0 Å². The molecule has 0 bridgehead atoms. The monoisotopic (exact) mass is 314 g/mol. The molecule has 0 aliphatic rings. The summed E-state index contributed by atoms with van der Waals surface area (Å²) in [6, 6.07) is 15.1. The minimum atomic E-state index is -0.824. The van der Waals surface area contributed by atoms with E-state index in [1.165, 1.54) is 0 Å². The lowest BCUT2D eigenvalue weighted by atomic mass is 10.1. The summed E-state index contributed by atoms with van der Waals surface area (Å²) in [4.78, 5) is 12.7. The normalized spacial score (nSPS) is 10.6. The SMILES string of the molecule is CN(C)CCOc1ccc(Nc2ccc(CC(=O)O)cc2)cc1. The Morgan fingerprint density at radius 3 is 2.13 bits per heavy atom. The largest absolute Gasteiger partial charge is 0.492 e. The van der Waals surface area contributed by atoms with Gasteiger partial charge in [0.2, 0.25) is 0 Å². The predicted molar refractivity (Wildman–Crippen MR) is 91.6 cm³/mol. The fourth-order valence-corrected chi connectivity index (χ4v) is 2.03. The van der Waals surface area contributed by atoms with Crippen molar-refractivity contribution >= 4 is 17.3 Å². The number of benzene rings is 2. The van der Waals surface area contributed by atoms with Crippen LogP contribution < -0.4 is 10.1 Å². The lowest BCUT2D eigenvalue weighted by Crippen LogP contribution is -2.19. The molecule has 0 fully saturated rings. The number of carboxylic acid groups (broad SMARTS) is 1. The van der Waals surface area contributed by atoms with Crippen molar-refractivity contribution in [1.82, 2.24) is 4.90 Å². The van der Waals surface area contributed by atoms with E-state index in [9.17, 15) is 4.79 Å². The van der Waals surface area contributed by atoms with Crippen LogP contribution in [0.5, 0.6) is 5.75 Å². The highest BCUT2D eigenvalue weighted by Gasteiger charge is 2.01. The molecule has 5 nitrogen and oxygen atoms in total. The average molecular weight is 314 g/mol. The second kappa shape index (κ2) is 8.19. The van der Waals surface area contributed by atoms with Gasteiger partial charge in [0.15, 0.2) is 0 Å². The maximum absolute atomic E-state index is 10.7. The van der Waals surface area contributed by atoms with E-state index < -0.39 is 5.97 Å². The number of rotatable bonds is 8. The first-order chi connectivity index (χ1) is 11.0. The second-order valence-electron chi connectivity index (χ2n) is 5.57. The molecule has 0 unspecified atom stereocenters. The first-order valence-electron chi connectivity index (χ1n) is 7.48. The summed E-state index contributed by atoms with van der Waals surface area (Å²) in [6.07, 6.45) is 0.0409. The molecule has 0 aromatic heterocycles. The third-order valence-electron chi connectivity index (χ3n) is 3.26. The van der Waals surface area contributed by atoms with Crippen molar-refractivity contribution in [2.75, 3.05) is 32.6 Å². The van der Waals surface area contributed by atoms with Gasteiger partial charge in [0.25, 0.3) is 0 Å². The summed E-state index contributed by atoms with van der Waals surface area (Å²) >= 11 is 0. The Morgan fingerprint density at radius 1 is 1.04 bits per heavy atom. The Balaban J connectivity index is 1.89. The number of anilines is 2. The smallest absolute Gasteiger partial charge is 0.307 e. The number of carboxylic acids is 1. The van der Waals surface area contributed by atoms with Gasteiger partial charge in [-0.3, -0.25) is 4.79 Å². The number of hydrogen-bond donors (Lipinski definition) is 2. The van der Waals surface area contributed by atoms with E-state index in [1.54, 1.807) is 0 Å². The molecule has 2 aromatic carbocycles. The highest BCUT2D eigenvalue weighted by atomic mass is 16.5. The van der Waals surface area contributed by atoms with Gasteiger partial charge in [-0.25, -0.2) is 0 Å². The van der Waals surface area contributed by atoms with Gasteiger partial charge in [-0.05, 0) is 56.1 Å². The Bertz CT molecular complexity index is 622. The van der Waals surface area contributed by atoms with Crippen LogP contribution in [0.4, 0.5) is 11.4 Å². The fraction of sp³-hybridized carbons (Fsp3) is 0.278. The molecule has 122 valence electrons. The molecule has 0 atom stereocenters. The number of likely N-dealkylation sites (N-methyl/N-ethyl adjacent to an activating group) is 1. The third kappa shape index (κ3) is 6.00. The van der Waals surface area contributed by atoms with Crippen molar-refractivity contribution in [3.05, 3.63) is 54.1 Å². The number of nitrogens with one attached hydrogen (secondary N) is 1. The van der Waals surface area contributed by atoms with E-state index in [2.05, 4.69) is 10.2 Å². The maximum atomic E-state index is 10.7. The molecule has 2 aromatic rings. The van der Waals surface area contributed by atoms with Gasteiger partial charge in [-0.2, -0.15) is 0 Å². The van der Waals surface area contributed by atoms with Crippen LogP contribution in [0.25, 0.3) is 0 Å². The molecular weight excluding hydrogens is 292 g/mol. The molecule has 0 aliphatic carbocycles.